The smallest absolute Gasteiger partial charge is 0.305 e. The standard InChI is InChI=1S/C14H16F2N2O3/c1-8(9-3-2-4-10(15)13(9)16)18-6-5-17-14(21)11(18)7-12(19)20/h2-4,8,11H,5-7H2,1H3,(H,17,21)(H,19,20). The summed E-state index contributed by atoms with van der Waals surface area (Å²) >= 11 is 0. The summed E-state index contributed by atoms with van der Waals surface area (Å²) in [7, 11) is 0. The first kappa shape index (κ1) is 15.4. The lowest BCUT2D eigenvalue weighted by atomic mass is 10.0. The second-order valence-corrected chi connectivity index (χ2v) is 4.96. The van der Waals surface area contributed by atoms with Crippen LogP contribution in [0.15, 0.2) is 18.2 Å². The first-order valence-electron chi connectivity index (χ1n) is 6.61. The number of hydrogen-bond acceptors (Lipinski definition) is 3. The molecular weight excluding hydrogens is 282 g/mol. The summed E-state index contributed by atoms with van der Waals surface area (Å²) in [6.45, 7) is 2.35. The zero-order valence-corrected chi connectivity index (χ0v) is 11.5. The Bertz CT molecular complexity index is 565. The van der Waals surface area contributed by atoms with Crippen LogP contribution >= 0.6 is 0 Å². The molecule has 1 aromatic carbocycles. The molecular formula is C14H16F2N2O3. The van der Waals surface area contributed by atoms with Crippen LogP contribution in [-0.4, -0.2) is 41.0 Å². The first-order chi connectivity index (χ1) is 9.91. The molecule has 1 aromatic rings. The summed E-state index contributed by atoms with van der Waals surface area (Å²) in [6, 6.07) is 2.35. The number of nitrogens with zero attached hydrogens (tertiary/aromatic N) is 1. The lowest BCUT2D eigenvalue weighted by Gasteiger charge is -2.38. The molecule has 1 heterocycles. The van der Waals surface area contributed by atoms with Gasteiger partial charge >= 0.3 is 5.97 Å². The number of amides is 1. The highest BCUT2D eigenvalue weighted by Crippen LogP contribution is 2.28. The van der Waals surface area contributed by atoms with Gasteiger partial charge in [0.2, 0.25) is 5.91 Å². The topological polar surface area (TPSA) is 69.6 Å². The number of carboxylic acids is 1. The predicted octanol–water partition coefficient (Wildman–Crippen LogP) is 1.30. The molecule has 2 unspecified atom stereocenters. The van der Waals surface area contributed by atoms with Gasteiger partial charge in [-0.1, -0.05) is 12.1 Å². The fraction of sp³-hybridized carbons (Fsp3) is 0.429. The van der Waals surface area contributed by atoms with Crippen LogP contribution < -0.4 is 5.32 Å². The van der Waals surface area contributed by atoms with E-state index in [0.717, 1.165) is 6.07 Å². The molecule has 1 amide bonds. The van der Waals surface area contributed by atoms with E-state index in [2.05, 4.69) is 5.32 Å². The van der Waals surface area contributed by atoms with Crippen molar-refractivity contribution in [3.05, 3.63) is 35.4 Å². The van der Waals surface area contributed by atoms with E-state index in [4.69, 9.17) is 5.11 Å². The number of rotatable bonds is 4. The van der Waals surface area contributed by atoms with Crippen LogP contribution in [-0.2, 0) is 9.59 Å². The molecule has 2 atom stereocenters. The number of nitrogens with one attached hydrogen (secondary N) is 1. The number of carbonyl (C=O) groups excluding carboxylic acids is 1. The Morgan fingerprint density at radius 1 is 1.52 bits per heavy atom. The quantitative estimate of drug-likeness (QED) is 0.879. The first-order valence-corrected chi connectivity index (χ1v) is 6.61. The monoisotopic (exact) mass is 298 g/mol. The van der Waals surface area contributed by atoms with E-state index >= 15 is 0 Å². The Labute approximate surface area is 120 Å². The second kappa shape index (κ2) is 6.17. The third-order valence-corrected chi connectivity index (χ3v) is 3.67. The van der Waals surface area contributed by atoms with Crippen molar-refractivity contribution in [2.24, 2.45) is 0 Å². The van der Waals surface area contributed by atoms with Gasteiger partial charge in [-0.05, 0) is 13.0 Å². The van der Waals surface area contributed by atoms with E-state index < -0.39 is 35.6 Å². The summed E-state index contributed by atoms with van der Waals surface area (Å²) in [6.07, 6.45) is -0.382. The van der Waals surface area contributed by atoms with Crippen molar-refractivity contribution in [1.82, 2.24) is 10.2 Å². The fourth-order valence-corrected chi connectivity index (χ4v) is 2.59. The van der Waals surface area contributed by atoms with Gasteiger partial charge in [-0.25, -0.2) is 8.78 Å². The average Bonchev–Trinajstić information content (AvgIpc) is 2.43. The number of benzene rings is 1. The van der Waals surface area contributed by atoms with E-state index in [-0.39, 0.29) is 12.0 Å². The van der Waals surface area contributed by atoms with Crippen LogP contribution in [0.3, 0.4) is 0 Å². The van der Waals surface area contributed by atoms with E-state index in [9.17, 15) is 18.4 Å². The van der Waals surface area contributed by atoms with Crippen molar-refractivity contribution in [2.45, 2.75) is 25.4 Å². The molecule has 0 radical (unpaired) electrons. The third kappa shape index (κ3) is 3.18. The van der Waals surface area contributed by atoms with Gasteiger partial charge in [0.25, 0.3) is 0 Å². The Hall–Kier alpha value is -2.02. The molecule has 2 N–H and O–H groups in total. The molecule has 1 aliphatic heterocycles. The van der Waals surface area contributed by atoms with Gasteiger partial charge in [0.1, 0.15) is 6.04 Å². The normalized spacial score (nSPS) is 20.9. The number of hydrogen-bond donors (Lipinski definition) is 2. The number of halogens is 2. The Morgan fingerprint density at radius 2 is 2.24 bits per heavy atom. The molecule has 1 fully saturated rings. The van der Waals surface area contributed by atoms with Crippen molar-refractivity contribution in [1.29, 1.82) is 0 Å². The predicted molar refractivity (Wildman–Crippen MR) is 70.5 cm³/mol. The van der Waals surface area contributed by atoms with Crippen molar-refractivity contribution in [2.75, 3.05) is 13.1 Å². The summed E-state index contributed by atoms with van der Waals surface area (Å²) in [5, 5.41) is 11.5. The highest BCUT2D eigenvalue weighted by Gasteiger charge is 2.35. The maximum atomic E-state index is 13.9. The van der Waals surface area contributed by atoms with Crippen LogP contribution in [0.2, 0.25) is 0 Å². The molecule has 21 heavy (non-hydrogen) atoms. The minimum atomic E-state index is -1.12. The third-order valence-electron chi connectivity index (χ3n) is 3.67. The molecule has 0 spiro atoms. The van der Waals surface area contributed by atoms with Gasteiger partial charge in [-0.15, -0.1) is 0 Å². The van der Waals surface area contributed by atoms with Gasteiger partial charge < -0.3 is 10.4 Å². The van der Waals surface area contributed by atoms with Gasteiger partial charge in [0.05, 0.1) is 6.42 Å². The molecule has 1 aliphatic rings. The van der Waals surface area contributed by atoms with E-state index in [1.54, 1.807) is 11.8 Å². The summed E-state index contributed by atoms with van der Waals surface area (Å²) < 4.78 is 27.2. The van der Waals surface area contributed by atoms with E-state index in [1.807, 2.05) is 0 Å². The fourth-order valence-electron chi connectivity index (χ4n) is 2.59. The summed E-state index contributed by atoms with van der Waals surface area (Å²) in [4.78, 5) is 24.3. The lowest BCUT2D eigenvalue weighted by molar-refractivity contribution is -0.143. The molecule has 0 aromatic heterocycles. The number of carbonyl (C=O) groups is 2. The van der Waals surface area contributed by atoms with Crippen LogP contribution in [0, 0.1) is 11.6 Å². The highest BCUT2D eigenvalue weighted by molar-refractivity contribution is 5.86. The van der Waals surface area contributed by atoms with Crippen molar-refractivity contribution in [3.8, 4) is 0 Å². The molecule has 7 heteroatoms. The summed E-state index contributed by atoms with van der Waals surface area (Å²) in [5.74, 6) is -3.46. The van der Waals surface area contributed by atoms with Crippen molar-refractivity contribution < 1.29 is 23.5 Å². The molecule has 114 valence electrons. The zero-order valence-electron chi connectivity index (χ0n) is 11.5. The number of carboxylic acid groups (broad SMARTS) is 1. The molecule has 5 nitrogen and oxygen atoms in total. The zero-order chi connectivity index (χ0) is 15.6. The van der Waals surface area contributed by atoms with E-state index in [1.165, 1.54) is 12.1 Å². The van der Waals surface area contributed by atoms with Gasteiger partial charge in [-0.3, -0.25) is 14.5 Å². The maximum absolute atomic E-state index is 13.9. The molecule has 1 saturated heterocycles. The van der Waals surface area contributed by atoms with Crippen LogP contribution in [0.1, 0.15) is 24.9 Å². The Morgan fingerprint density at radius 3 is 2.90 bits per heavy atom. The maximum Gasteiger partial charge on any atom is 0.305 e. The SMILES string of the molecule is CC(c1cccc(F)c1F)N1CCNC(=O)C1CC(=O)O. The second-order valence-electron chi connectivity index (χ2n) is 4.96. The number of piperazine rings is 1. The largest absolute Gasteiger partial charge is 0.481 e. The Kier molecular flexibility index (Phi) is 4.52. The Balaban J connectivity index is 2.30. The highest BCUT2D eigenvalue weighted by atomic mass is 19.2. The van der Waals surface area contributed by atoms with Crippen molar-refractivity contribution >= 4 is 11.9 Å². The van der Waals surface area contributed by atoms with Gasteiger partial charge in [0, 0.05) is 24.7 Å². The molecule has 0 bridgehead atoms. The van der Waals surface area contributed by atoms with Crippen LogP contribution in [0.25, 0.3) is 0 Å². The molecule has 2 rings (SSSR count). The minimum Gasteiger partial charge on any atom is -0.481 e. The van der Waals surface area contributed by atoms with Crippen LogP contribution in [0.4, 0.5) is 8.78 Å². The minimum absolute atomic E-state index is 0.111. The number of aliphatic carboxylic acids is 1. The van der Waals surface area contributed by atoms with Gasteiger partial charge in [0.15, 0.2) is 11.6 Å². The summed E-state index contributed by atoms with van der Waals surface area (Å²) in [5.41, 5.74) is 0.111. The van der Waals surface area contributed by atoms with Gasteiger partial charge in [-0.2, -0.15) is 0 Å². The molecule has 0 aliphatic carbocycles. The lowest BCUT2D eigenvalue weighted by Crippen LogP contribution is -2.56. The van der Waals surface area contributed by atoms with E-state index in [0.29, 0.717) is 13.1 Å². The van der Waals surface area contributed by atoms with Crippen molar-refractivity contribution in [3.63, 3.8) is 0 Å². The van der Waals surface area contributed by atoms with Crippen LogP contribution in [0.5, 0.6) is 0 Å². The average molecular weight is 298 g/mol. The molecule has 0 saturated carbocycles.